The van der Waals surface area contributed by atoms with Crippen molar-refractivity contribution < 1.29 is 22.7 Å². The third kappa shape index (κ3) is 7.86. The second kappa shape index (κ2) is 11.9. The molecule has 7 N–H and O–H groups in total. The zero-order valence-electron chi connectivity index (χ0n) is 20.1. The van der Waals surface area contributed by atoms with Crippen LogP contribution in [0.15, 0.2) is 58.4 Å². The van der Waals surface area contributed by atoms with Crippen LogP contribution >= 0.6 is 0 Å². The number of nitrogens with two attached hydrogens (primary N) is 1. The Bertz CT molecular complexity index is 1180. The second-order valence-corrected chi connectivity index (χ2v) is 10.5. The summed E-state index contributed by atoms with van der Waals surface area (Å²) < 4.78 is 41.2. The second-order valence-electron chi connectivity index (χ2n) is 8.78. The molecule has 1 atom stereocenters. The average molecular weight is 507 g/mol. The van der Waals surface area contributed by atoms with Crippen molar-refractivity contribution in [1.29, 1.82) is 5.41 Å². The lowest BCUT2D eigenvalue weighted by Gasteiger charge is -2.19. The molecule has 1 amide bonds. The van der Waals surface area contributed by atoms with Crippen molar-refractivity contribution in [3.63, 3.8) is 0 Å². The summed E-state index contributed by atoms with van der Waals surface area (Å²) in [5.74, 6) is -0.871. The quantitative estimate of drug-likeness (QED) is 0.209. The summed E-state index contributed by atoms with van der Waals surface area (Å²) in [6.45, 7) is 4.16. The summed E-state index contributed by atoms with van der Waals surface area (Å²) in [4.78, 5) is 15.9. The molecule has 2 aromatic rings. The van der Waals surface area contributed by atoms with Crippen LogP contribution in [-0.4, -0.2) is 43.9 Å². The Hall–Kier alpha value is -3.31. The van der Waals surface area contributed by atoms with Crippen LogP contribution in [0.4, 0.5) is 15.8 Å². The highest BCUT2D eigenvalue weighted by atomic mass is 32.2. The Kier molecular flexibility index (Phi) is 9.49. The number of nitrogens with one attached hydrogen (secondary N) is 3. The first kappa shape index (κ1) is 27.9. The summed E-state index contributed by atoms with van der Waals surface area (Å²) in [5.41, 5.74) is 5.62. The Morgan fingerprint density at radius 1 is 1.20 bits per heavy atom. The van der Waals surface area contributed by atoms with E-state index in [4.69, 9.17) is 16.2 Å². The van der Waals surface area contributed by atoms with Gasteiger partial charge in [0.25, 0.3) is 10.0 Å². The van der Waals surface area contributed by atoms with Crippen LogP contribution in [0.1, 0.15) is 45.6 Å². The van der Waals surface area contributed by atoms with Gasteiger partial charge in [-0.15, -0.1) is 4.99 Å². The molecule has 190 valence electrons. The number of alkyl halides is 1. The monoisotopic (exact) mass is 506 g/mol. The molecule has 0 aliphatic heterocycles. The summed E-state index contributed by atoms with van der Waals surface area (Å²) in [6, 6.07) is 11.1. The third-order valence-corrected chi connectivity index (χ3v) is 6.59. The van der Waals surface area contributed by atoms with E-state index < -0.39 is 34.1 Å². The highest BCUT2D eigenvalue weighted by Gasteiger charge is 2.27. The predicted octanol–water partition coefficient (Wildman–Crippen LogP) is 3.39. The highest BCUT2D eigenvalue weighted by molar-refractivity contribution is 7.92. The lowest BCUT2D eigenvalue weighted by molar-refractivity contribution is -0.124. The maximum Gasteiger partial charge on any atom is 0.350 e. The smallest absolute Gasteiger partial charge is 0.350 e. The number of benzene rings is 2. The standard InChI is InChI=1S/C24H32FN5O4S/c1-4-5-9-20(26)22(31)29-21(27)16-7-6-8-19(14-16)35(33,34)30-18-12-10-17(11-13-18)28-23(32)24(2,3)15-25/h6-8,10-14,20,30H,4-5,9,15,26H2,1-3H3,(H,28,32)(H2,27,29,31)/p+1/t20-/m0/s1. The van der Waals surface area contributed by atoms with Crippen LogP contribution in [0.3, 0.4) is 0 Å². The largest absolute Gasteiger partial charge is 0.581 e. The maximum absolute atomic E-state index is 13.0. The lowest BCUT2D eigenvalue weighted by Crippen LogP contribution is -2.32. The fraction of sp³-hybridized carbons (Fsp3) is 0.375. The number of unbranched alkanes of at least 4 members (excludes halogenated alkanes) is 1. The van der Waals surface area contributed by atoms with Crippen LogP contribution in [0, 0.1) is 10.8 Å². The van der Waals surface area contributed by atoms with Gasteiger partial charge in [0, 0.05) is 16.9 Å². The minimum absolute atomic E-state index is 0.0844. The molecule has 9 nitrogen and oxygen atoms in total. The highest BCUT2D eigenvalue weighted by Crippen LogP contribution is 2.22. The van der Waals surface area contributed by atoms with E-state index in [-0.39, 0.29) is 27.9 Å². The van der Waals surface area contributed by atoms with E-state index in [2.05, 4.69) is 15.0 Å². The number of sulfonamides is 1. The molecule has 0 saturated carbocycles. The predicted molar refractivity (Wildman–Crippen MR) is 137 cm³/mol. The molecule has 0 saturated heterocycles. The summed E-state index contributed by atoms with van der Waals surface area (Å²) >= 11 is 0. The Morgan fingerprint density at radius 3 is 2.43 bits per heavy atom. The number of carbonyl (C=O) groups excluding carboxylic acids is 1. The number of amidine groups is 1. The SMILES string of the molecule is CCCC[C@H](N)C([OH2+])=NC(=N)c1cccc(S(=O)(=O)Nc2ccc(NC(=O)C(C)(C)CF)cc2)c1. The number of aliphatic imine (C=N–C) groups is 1. The zero-order chi connectivity index (χ0) is 26.2. The van der Waals surface area contributed by atoms with Crippen LogP contribution in [0.5, 0.6) is 0 Å². The van der Waals surface area contributed by atoms with Gasteiger partial charge in [-0.05, 0) is 56.7 Å². The van der Waals surface area contributed by atoms with Gasteiger partial charge in [0.1, 0.15) is 12.7 Å². The van der Waals surface area contributed by atoms with E-state index in [0.717, 1.165) is 12.8 Å². The van der Waals surface area contributed by atoms with Crippen LogP contribution in [-0.2, 0) is 14.8 Å². The molecule has 35 heavy (non-hydrogen) atoms. The van der Waals surface area contributed by atoms with Gasteiger partial charge >= 0.3 is 5.90 Å². The number of hydrogen-bond donors (Lipinski definition) is 4. The molecular weight excluding hydrogens is 473 g/mol. The number of carbonyl (C=O) groups is 1. The molecule has 2 rings (SSSR count). The van der Waals surface area contributed by atoms with Crippen LogP contribution < -0.4 is 15.8 Å². The van der Waals surface area contributed by atoms with Crippen LogP contribution in [0.2, 0.25) is 0 Å². The van der Waals surface area contributed by atoms with Crippen molar-refractivity contribution in [3.8, 4) is 0 Å². The van der Waals surface area contributed by atoms with Crippen molar-refractivity contribution in [2.24, 2.45) is 16.1 Å². The van der Waals surface area contributed by atoms with Gasteiger partial charge in [-0.1, -0.05) is 31.9 Å². The van der Waals surface area contributed by atoms with Gasteiger partial charge in [0.05, 0.1) is 10.3 Å². The maximum atomic E-state index is 13.0. The van der Waals surface area contributed by atoms with Gasteiger partial charge in [-0.3, -0.25) is 14.9 Å². The zero-order valence-corrected chi connectivity index (χ0v) is 20.9. The molecule has 0 aliphatic carbocycles. The molecule has 2 aromatic carbocycles. The van der Waals surface area contributed by atoms with E-state index in [1.165, 1.54) is 62.4 Å². The molecule has 0 unspecified atom stereocenters. The third-order valence-electron chi connectivity index (χ3n) is 5.21. The van der Waals surface area contributed by atoms with Gasteiger partial charge in [0.15, 0.2) is 5.84 Å². The summed E-state index contributed by atoms with van der Waals surface area (Å²) in [7, 11) is -3.99. The first-order valence-electron chi connectivity index (χ1n) is 11.1. The number of rotatable bonds is 11. The topological polar surface area (TPSA) is 160 Å². The number of amides is 1. The first-order valence-corrected chi connectivity index (χ1v) is 12.6. The minimum Gasteiger partial charge on any atom is -0.581 e. The average Bonchev–Trinajstić information content (AvgIpc) is 2.83. The molecule has 11 heteroatoms. The fourth-order valence-electron chi connectivity index (χ4n) is 2.84. The lowest BCUT2D eigenvalue weighted by atomic mass is 9.94. The fourth-order valence-corrected chi connectivity index (χ4v) is 3.94. The van der Waals surface area contributed by atoms with Crippen molar-refractivity contribution >= 4 is 39.0 Å². The Morgan fingerprint density at radius 2 is 1.83 bits per heavy atom. The normalized spacial score (nSPS) is 13.2. The number of anilines is 2. The molecule has 0 aliphatic rings. The molecule has 0 aromatic heterocycles. The van der Waals surface area contributed by atoms with Gasteiger partial charge in [-0.2, -0.15) is 0 Å². The van der Waals surface area contributed by atoms with Crippen molar-refractivity contribution in [3.05, 3.63) is 54.1 Å². The molecule has 0 fully saturated rings. The van der Waals surface area contributed by atoms with Crippen molar-refractivity contribution in [2.45, 2.75) is 51.0 Å². The van der Waals surface area contributed by atoms with Crippen molar-refractivity contribution in [2.75, 3.05) is 16.7 Å². The van der Waals surface area contributed by atoms with E-state index in [9.17, 15) is 17.6 Å². The van der Waals surface area contributed by atoms with Crippen molar-refractivity contribution in [1.82, 2.24) is 0 Å². The summed E-state index contributed by atoms with van der Waals surface area (Å²) in [6.07, 6.45) is 2.36. The first-order chi connectivity index (χ1) is 16.4. The van der Waals surface area contributed by atoms with Crippen LogP contribution in [0.25, 0.3) is 0 Å². The van der Waals surface area contributed by atoms with Gasteiger partial charge in [0.2, 0.25) is 5.91 Å². The van der Waals surface area contributed by atoms with E-state index >= 15 is 0 Å². The minimum atomic E-state index is -3.99. The Labute approximate surface area is 205 Å². The molecular formula is C24H33FN5O4S+. The molecule has 0 bridgehead atoms. The van der Waals surface area contributed by atoms with Gasteiger partial charge in [-0.25, -0.2) is 12.8 Å². The molecule has 0 radical (unpaired) electrons. The molecule has 0 heterocycles. The number of hydrogen-bond acceptors (Lipinski definition) is 5. The van der Waals surface area contributed by atoms with E-state index in [1.807, 2.05) is 6.92 Å². The van der Waals surface area contributed by atoms with E-state index in [0.29, 0.717) is 12.1 Å². The number of halogens is 1. The summed E-state index contributed by atoms with van der Waals surface area (Å²) in [5, 5.41) is 18.7. The molecule has 0 spiro atoms. The Balaban J connectivity index is 2.14. The number of nitrogens with zero attached hydrogens (tertiary/aromatic N) is 1. The van der Waals surface area contributed by atoms with Gasteiger partial charge < -0.3 is 16.2 Å². The van der Waals surface area contributed by atoms with E-state index in [1.54, 1.807) is 0 Å².